The van der Waals surface area contributed by atoms with Crippen LogP contribution in [0.2, 0.25) is 0 Å². The van der Waals surface area contributed by atoms with Gasteiger partial charge in [0.25, 0.3) is 0 Å². The summed E-state index contributed by atoms with van der Waals surface area (Å²) in [5, 5.41) is 0. The summed E-state index contributed by atoms with van der Waals surface area (Å²) in [6.07, 6.45) is 4.69. The minimum Gasteiger partial charge on any atom is -0.491 e. The molecule has 27 heavy (non-hydrogen) atoms. The third-order valence-electron chi connectivity index (χ3n) is 4.64. The standard InChI is InChI=1S/C21H25BrN2O3/c1-2-26-21(25)19(22)14-16-8-10-18(11-9-16)27-15-17-6-5-13-24(17)20-7-3-4-12-23-20/h3-4,7-12,17,19H,2,5-6,13-15H2,1H3/t17-,19?/m0/s1. The number of carbonyl (C=O) groups excluding carboxylic acids is 1. The van der Waals surface area contributed by atoms with Crippen LogP contribution in [0.4, 0.5) is 5.82 Å². The predicted octanol–water partition coefficient (Wildman–Crippen LogP) is 4.00. The second-order valence-corrected chi connectivity index (χ2v) is 7.66. The number of esters is 1. The van der Waals surface area contributed by atoms with Crippen LogP contribution in [0.5, 0.6) is 5.75 Å². The maximum Gasteiger partial charge on any atom is 0.320 e. The van der Waals surface area contributed by atoms with E-state index in [4.69, 9.17) is 9.47 Å². The molecule has 1 aromatic carbocycles. The van der Waals surface area contributed by atoms with Gasteiger partial charge in [-0.3, -0.25) is 4.79 Å². The molecule has 0 bridgehead atoms. The number of alkyl halides is 1. The minimum absolute atomic E-state index is 0.228. The van der Waals surface area contributed by atoms with Gasteiger partial charge in [-0.15, -0.1) is 0 Å². The van der Waals surface area contributed by atoms with Gasteiger partial charge in [-0.05, 0) is 56.0 Å². The summed E-state index contributed by atoms with van der Waals surface area (Å²) in [6, 6.07) is 14.3. The molecule has 3 rings (SSSR count). The van der Waals surface area contributed by atoms with Crippen LogP contribution in [-0.4, -0.2) is 41.6 Å². The number of nitrogens with zero attached hydrogens (tertiary/aromatic N) is 2. The molecule has 1 unspecified atom stereocenters. The molecule has 6 heteroatoms. The summed E-state index contributed by atoms with van der Waals surface area (Å²) in [5.74, 6) is 1.63. The molecule has 0 radical (unpaired) electrons. The van der Waals surface area contributed by atoms with Crippen LogP contribution >= 0.6 is 15.9 Å². The van der Waals surface area contributed by atoms with Crippen molar-refractivity contribution in [1.29, 1.82) is 0 Å². The summed E-state index contributed by atoms with van der Waals surface area (Å²) in [4.78, 5) is 18.2. The van der Waals surface area contributed by atoms with Gasteiger partial charge in [0, 0.05) is 12.7 Å². The molecule has 0 saturated carbocycles. The third kappa shape index (κ3) is 5.45. The molecule has 0 spiro atoms. The molecular weight excluding hydrogens is 408 g/mol. The lowest BCUT2D eigenvalue weighted by Crippen LogP contribution is -2.34. The van der Waals surface area contributed by atoms with E-state index in [9.17, 15) is 4.79 Å². The smallest absolute Gasteiger partial charge is 0.320 e. The molecule has 1 fully saturated rings. The zero-order valence-corrected chi connectivity index (χ0v) is 17.1. The van der Waals surface area contributed by atoms with Crippen molar-refractivity contribution in [3.63, 3.8) is 0 Å². The Hall–Kier alpha value is -2.08. The first kappa shape index (κ1) is 19.7. The van der Waals surface area contributed by atoms with Crippen molar-refractivity contribution in [2.45, 2.75) is 37.1 Å². The summed E-state index contributed by atoms with van der Waals surface area (Å²) in [6.45, 7) is 3.86. The fraction of sp³-hybridized carbons (Fsp3) is 0.429. The maximum atomic E-state index is 11.7. The van der Waals surface area contributed by atoms with E-state index in [2.05, 4.69) is 25.8 Å². The minimum atomic E-state index is -0.324. The monoisotopic (exact) mass is 432 g/mol. The van der Waals surface area contributed by atoms with Gasteiger partial charge in [-0.25, -0.2) is 4.98 Å². The molecule has 1 aromatic heterocycles. The van der Waals surface area contributed by atoms with Gasteiger partial charge in [0.2, 0.25) is 0 Å². The molecular formula is C21H25BrN2O3. The number of carbonyl (C=O) groups is 1. The normalized spacial score (nSPS) is 17.6. The zero-order valence-electron chi connectivity index (χ0n) is 15.5. The molecule has 2 aromatic rings. The highest BCUT2D eigenvalue weighted by Gasteiger charge is 2.26. The molecule has 0 N–H and O–H groups in total. The molecule has 1 aliphatic heterocycles. The summed E-state index contributed by atoms with van der Waals surface area (Å²) in [7, 11) is 0. The molecule has 0 aliphatic carbocycles. The summed E-state index contributed by atoms with van der Waals surface area (Å²) in [5.41, 5.74) is 1.06. The Morgan fingerprint density at radius 2 is 2.11 bits per heavy atom. The highest BCUT2D eigenvalue weighted by atomic mass is 79.9. The topological polar surface area (TPSA) is 51.7 Å². The summed E-state index contributed by atoms with van der Waals surface area (Å²) >= 11 is 3.39. The Morgan fingerprint density at radius 3 is 2.81 bits per heavy atom. The average molecular weight is 433 g/mol. The molecule has 5 nitrogen and oxygen atoms in total. The van der Waals surface area contributed by atoms with Gasteiger partial charge in [0.15, 0.2) is 0 Å². The number of benzene rings is 1. The van der Waals surface area contributed by atoms with Crippen LogP contribution in [-0.2, 0) is 16.0 Å². The highest BCUT2D eigenvalue weighted by molar-refractivity contribution is 9.10. The van der Waals surface area contributed by atoms with Gasteiger partial charge >= 0.3 is 5.97 Å². The average Bonchev–Trinajstić information content (AvgIpc) is 3.17. The Morgan fingerprint density at radius 1 is 1.30 bits per heavy atom. The molecule has 0 amide bonds. The van der Waals surface area contributed by atoms with Crippen molar-refractivity contribution in [3.05, 3.63) is 54.2 Å². The molecule has 1 saturated heterocycles. The van der Waals surface area contributed by atoms with Gasteiger partial charge in [0.1, 0.15) is 23.0 Å². The number of rotatable bonds is 8. The largest absolute Gasteiger partial charge is 0.491 e. The van der Waals surface area contributed by atoms with Crippen LogP contribution in [0.15, 0.2) is 48.7 Å². The van der Waals surface area contributed by atoms with Crippen molar-refractivity contribution >= 4 is 27.7 Å². The van der Waals surface area contributed by atoms with Crippen LogP contribution in [0.25, 0.3) is 0 Å². The fourth-order valence-corrected chi connectivity index (χ4v) is 3.78. The predicted molar refractivity (Wildman–Crippen MR) is 110 cm³/mol. The fourth-order valence-electron chi connectivity index (χ4n) is 3.27. The van der Waals surface area contributed by atoms with Gasteiger partial charge in [0.05, 0.1) is 12.6 Å². The molecule has 1 aliphatic rings. The van der Waals surface area contributed by atoms with Gasteiger partial charge < -0.3 is 14.4 Å². The number of hydrogen-bond donors (Lipinski definition) is 0. The van der Waals surface area contributed by atoms with Crippen molar-refractivity contribution in [2.24, 2.45) is 0 Å². The lowest BCUT2D eigenvalue weighted by molar-refractivity contribution is -0.142. The van der Waals surface area contributed by atoms with Gasteiger partial charge in [-0.1, -0.05) is 34.1 Å². The van der Waals surface area contributed by atoms with Gasteiger partial charge in [-0.2, -0.15) is 0 Å². The van der Waals surface area contributed by atoms with Crippen molar-refractivity contribution in [3.8, 4) is 5.75 Å². The third-order valence-corrected chi connectivity index (χ3v) is 5.34. The second-order valence-electron chi connectivity index (χ2n) is 6.56. The second kappa shape index (κ2) is 9.74. The van der Waals surface area contributed by atoms with Crippen LogP contribution in [0.3, 0.4) is 0 Å². The van der Waals surface area contributed by atoms with Crippen molar-refractivity contribution in [1.82, 2.24) is 4.98 Å². The number of aromatic nitrogens is 1. The highest BCUT2D eigenvalue weighted by Crippen LogP contribution is 2.24. The quantitative estimate of drug-likeness (QED) is 0.466. The molecule has 2 heterocycles. The van der Waals surface area contributed by atoms with Crippen molar-refractivity contribution < 1.29 is 14.3 Å². The Balaban J connectivity index is 1.52. The number of hydrogen-bond acceptors (Lipinski definition) is 5. The van der Waals surface area contributed by atoms with E-state index < -0.39 is 0 Å². The molecule has 144 valence electrons. The van der Waals surface area contributed by atoms with E-state index in [1.54, 1.807) is 0 Å². The van der Waals surface area contributed by atoms with E-state index in [1.165, 1.54) is 0 Å². The van der Waals surface area contributed by atoms with Crippen LogP contribution < -0.4 is 9.64 Å². The van der Waals surface area contributed by atoms with E-state index in [1.807, 2.05) is 55.6 Å². The lowest BCUT2D eigenvalue weighted by atomic mass is 10.1. The Labute approximate surface area is 168 Å². The lowest BCUT2D eigenvalue weighted by Gasteiger charge is -2.25. The summed E-state index contributed by atoms with van der Waals surface area (Å²) < 4.78 is 11.0. The van der Waals surface area contributed by atoms with Crippen molar-refractivity contribution in [2.75, 3.05) is 24.7 Å². The molecule has 2 atom stereocenters. The number of anilines is 1. The first-order valence-electron chi connectivity index (χ1n) is 9.37. The van der Waals surface area contributed by atoms with E-state index in [0.717, 1.165) is 36.5 Å². The van der Waals surface area contributed by atoms with Crippen LogP contribution in [0, 0.1) is 0 Å². The first-order chi connectivity index (χ1) is 13.2. The SMILES string of the molecule is CCOC(=O)C(Br)Cc1ccc(OC[C@@H]2CCCN2c2ccccn2)cc1. The Kier molecular flexibility index (Phi) is 7.10. The van der Waals surface area contributed by atoms with E-state index in [-0.39, 0.29) is 10.8 Å². The Bertz CT molecular complexity index is 724. The first-order valence-corrected chi connectivity index (χ1v) is 10.3. The number of ether oxygens (including phenoxy) is 2. The number of halogens is 1. The zero-order chi connectivity index (χ0) is 19.1. The van der Waals surface area contributed by atoms with E-state index >= 15 is 0 Å². The van der Waals surface area contributed by atoms with Crippen LogP contribution in [0.1, 0.15) is 25.3 Å². The van der Waals surface area contributed by atoms with E-state index in [0.29, 0.717) is 25.7 Å². The number of pyridine rings is 1. The maximum absolute atomic E-state index is 11.7.